The largest absolute Gasteiger partial charge is 0.472 e. The number of phosphoric acid groups is 1. The molecule has 9 heteroatoms. The topological polar surface area (TPSA) is 120 Å². The molecule has 4 N–H and O–H groups in total. The van der Waals surface area contributed by atoms with E-state index in [9.17, 15) is 14.3 Å². The molecule has 0 aliphatic rings. The lowest BCUT2D eigenvalue weighted by Gasteiger charge is -2.11. The van der Waals surface area contributed by atoms with Crippen molar-refractivity contribution in [2.75, 3.05) is 32.9 Å². The second-order valence-electron chi connectivity index (χ2n) is 6.52. The molecule has 0 rings (SSSR count). The summed E-state index contributed by atoms with van der Waals surface area (Å²) in [6.45, 7) is 2.99. The molecule has 0 bridgehead atoms. The molecule has 1 atom stereocenters. The third kappa shape index (κ3) is 19.9. The molecule has 1 amide bonds. The molecule has 0 aliphatic heterocycles. The molecule has 0 heterocycles. The summed E-state index contributed by atoms with van der Waals surface area (Å²) in [7, 11) is -4.05. The normalized spacial score (nSPS) is 13.3. The minimum Gasteiger partial charge on any atom is -0.449 e. The molecule has 162 valence electrons. The number of nitrogens with one attached hydrogen (secondary N) is 1. The van der Waals surface area contributed by atoms with Crippen molar-refractivity contribution >= 4 is 13.9 Å². The Bertz CT molecular complexity index is 398. The first-order valence-electron chi connectivity index (χ1n) is 10.2. The van der Waals surface area contributed by atoms with E-state index < -0.39 is 13.9 Å². The monoisotopic (exact) mass is 410 g/mol. The quantitative estimate of drug-likeness (QED) is 0.216. The number of alkyl carbamates (subject to hydrolysis) is 1. The first-order valence-corrected chi connectivity index (χ1v) is 11.7. The van der Waals surface area contributed by atoms with Crippen LogP contribution in [0.1, 0.15) is 77.6 Å². The smallest absolute Gasteiger partial charge is 0.449 e. The molecule has 0 saturated heterocycles. The zero-order chi connectivity index (χ0) is 20.2. The number of carbonyl (C=O) groups is 1. The van der Waals surface area contributed by atoms with Gasteiger partial charge in [0.25, 0.3) is 0 Å². The Balaban J connectivity index is 3.34. The molecular formula is C18H39N2O6P. The number of phosphoric ester groups is 1. The minimum absolute atomic E-state index is 0.0376. The summed E-state index contributed by atoms with van der Waals surface area (Å²) < 4.78 is 25.6. The summed E-state index contributed by atoms with van der Waals surface area (Å²) in [6.07, 6.45) is 12.3. The summed E-state index contributed by atoms with van der Waals surface area (Å²) in [6, 6.07) is 0. The van der Waals surface area contributed by atoms with Gasteiger partial charge in [-0.15, -0.1) is 0 Å². The predicted molar refractivity (Wildman–Crippen MR) is 107 cm³/mol. The molecule has 0 aliphatic carbocycles. The Morgan fingerprint density at radius 2 is 1.44 bits per heavy atom. The maximum absolute atomic E-state index is 11.5. The Kier molecular flexibility index (Phi) is 18.2. The Morgan fingerprint density at radius 1 is 0.889 bits per heavy atom. The van der Waals surface area contributed by atoms with E-state index in [0.717, 1.165) is 12.8 Å². The van der Waals surface area contributed by atoms with E-state index in [2.05, 4.69) is 16.8 Å². The van der Waals surface area contributed by atoms with E-state index in [1.54, 1.807) is 0 Å². The van der Waals surface area contributed by atoms with Crippen LogP contribution in [0.3, 0.4) is 0 Å². The molecule has 0 spiro atoms. The maximum Gasteiger partial charge on any atom is 0.472 e. The number of amides is 1. The highest BCUT2D eigenvalue weighted by Gasteiger charge is 2.19. The van der Waals surface area contributed by atoms with Gasteiger partial charge in [-0.25, -0.2) is 9.36 Å². The number of unbranched alkanes of at least 4 members (excludes halogenated alkanes) is 9. The van der Waals surface area contributed by atoms with Gasteiger partial charge in [-0.1, -0.05) is 64.7 Å². The summed E-state index contributed by atoms with van der Waals surface area (Å²) in [5.41, 5.74) is 5.17. The van der Waals surface area contributed by atoms with E-state index in [4.69, 9.17) is 15.0 Å². The molecular weight excluding hydrogens is 371 g/mol. The van der Waals surface area contributed by atoms with Crippen molar-refractivity contribution in [1.82, 2.24) is 5.32 Å². The van der Waals surface area contributed by atoms with Crippen LogP contribution in [0.4, 0.5) is 4.79 Å². The average Bonchev–Trinajstić information content (AvgIpc) is 2.64. The second-order valence-corrected chi connectivity index (χ2v) is 7.98. The Labute approximate surface area is 164 Å². The standard InChI is InChI=1S/C18H39N2O6P/c1-2-3-4-5-6-7-8-9-10-11-14-20-18(21)24-15-12-16-25-27(22,23)26-17-13-19/h2-17,19H2,1H3,(H,20,21)(H,22,23). The van der Waals surface area contributed by atoms with Crippen LogP contribution in [0.15, 0.2) is 0 Å². The van der Waals surface area contributed by atoms with E-state index in [-0.39, 0.29) is 26.4 Å². The van der Waals surface area contributed by atoms with Gasteiger partial charge in [0.2, 0.25) is 0 Å². The van der Waals surface area contributed by atoms with Crippen molar-refractivity contribution in [3.8, 4) is 0 Å². The fourth-order valence-corrected chi connectivity index (χ4v) is 3.23. The fraction of sp³-hybridized carbons (Fsp3) is 0.944. The molecule has 27 heavy (non-hydrogen) atoms. The van der Waals surface area contributed by atoms with Crippen LogP contribution in [-0.4, -0.2) is 43.9 Å². The maximum atomic E-state index is 11.5. The lowest BCUT2D eigenvalue weighted by Crippen LogP contribution is -2.25. The zero-order valence-electron chi connectivity index (χ0n) is 16.8. The molecule has 8 nitrogen and oxygen atoms in total. The van der Waals surface area contributed by atoms with E-state index in [0.29, 0.717) is 13.0 Å². The van der Waals surface area contributed by atoms with Gasteiger partial charge < -0.3 is 20.7 Å². The van der Waals surface area contributed by atoms with Crippen molar-refractivity contribution in [3.63, 3.8) is 0 Å². The lowest BCUT2D eigenvalue weighted by atomic mass is 10.1. The van der Waals surface area contributed by atoms with Gasteiger partial charge >= 0.3 is 13.9 Å². The fourth-order valence-electron chi connectivity index (χ4n) is 2.46. The van der Waals surface area contributed by atoms with Crippen LogP contribution in [0.2, 0.25) is 0 Å². The third-order valence-corrected chi connectivity index (χ3v) is 4.97. The van der Waals surface area contributed by atoms with Gasteiger partial charge in [-0.3, -0.25) is 9.05 Å². The lowest BCUT2D eigenvalue weighted by molar-refractivity contribution is 0.122. The van der Waals surface area contributed by atoms with Crippen LogP contribution in [0.25, 0.3) is 0 Å². The number of rotatable bonds is 19. The zero-order valence-corrected chi connectivity index (χ0v) is 17.7. The summed E-state index contributed by atoms with van der Waals surface area (Å²) in [5.74, 6) is 0. The van der Waals surface area contributed by atoms with Gasteiger partial charge in [-0.05, 0) is 6.42 Å². The van der Waals surface area contributed by atoms with Gasteiger partial charge in [0.15, 0.2) is 0 Å². The highest BCUT2D eigenvalue weighted by Crippen LogP contribution is 2.42. The molecule has 0 fully saturated rings. The highest BCUT2D eigenvalue weighted by atomic mass is 31.2. The molecule has 0 aromatic rings. The van der Waals surface area contributed by atoms with E-state index in [1.165, 1.54) is 51.4 Å². The van der Waals surface area contributed by atoms with Gasteiger partial charge in [0.1, 0.15) is 0 Å². The number of hydrogen-bond acceptors (Lipinski definition) is 6. The van der Waals surface area contributed by atoms with Crippen LogP contribution >= 0.6 is 7.82 Å². The highest BCUT2D eigenvalue weighted by molar-refractivity contribution is 7.47. The third-order valence-electron chi connectivity index (χ3n) is 3.95. The predicted octanol–water partition coefficient (Wildman–Crippen LogP) is 4.12. The van der Waals surface area contributed by atoms with Crippen LogP contribution < -0.4 is 11.1 Å². The number of hydrogen-bond donors (Lipinski definition) is 3. The summed E-state index contributed by atoms with van der Waals surface area (Å²) in [4.78, 5) is 20.7. The Morgan fingerprint density at radius 3 is 2.04 bits per heavy atom. The van der Waals surface area contributed by atoms with Crippen molar-refractivity contribution < 1.29 is 28.0 Å². The summed E-state index contributed by atoms with van der Waals surface area (Å²) >= 11 is 0. The van der Waals surface area contributed by atoms with Crippen molar-refractivity contribution in [2.24, 2.45) is 5.73 Å². The van der Waals surface area contributed by atoms with Crippen molar-refractivity contribution in [1.29, 1.82) is 0 Å². The van der Waals surface area contributed by atoms with Crippen molar-refractivity contribution in [3.05, 3.63) is 0 Å². The molecule has 0 aromatic heterocycles. The van der Waals surface area contributed by atoms with Crippen molar-refractivity contribution in [2.45, 2.75) is 77.6 Å². The summed E-state index contributed by atoms with van der Waals surface area (Å²) in [5, 5.41) is 2.70. The molecule has 1 unspecified atom stereocenters. The van der Waals surface area contributed by atoms with Crippen LogP contribution in [0.5, 0.6) is 0 Å². The number of ether oxygens (including phenoxy) is 1. The Hall–Kier alpha value is -0.660. The van der Waals surface area contributed by atoms with E-state index in [1.807, 2.05) is 0 Å². The average molecular weight is 410 g/mol. The van der Waals surface area contributed by atoms with Crippen LogP contribution in [-0.2, 0) is 18.3 Å². The van der Waals surface area contributed by atoms with Gasteiger partial charge in [0, 0.05) is 19.5 Å². The van der Waals surface area contributed by atoms with E-state index >= 15 is 0 Å². The van der Waals surface area contributed by atoms with Gasteiger partial charge in [0.05, 0.1) is 19.8 Å². The first-order chi connectivity index (χ1) is 13.0. The molecule has 0 saturated carbocycles. The molecule has 0 aromatic carbocycles. The SMILES string of the molecule is CCCCCCCCCCCCNC(=O)OCCCOP(=O)(O)OCCN. The number of carbonyl (C=O) groups excluding carboxylic acids is 1. The van der Waals surface area contributed by atoms with Gasteiger partial charge in [-0.2, -0.15) is 0 Å². The minimum atomic E-state index is -4.05. The number of nitrogens with two attached hydrogens (primary N) is 1. The second kappa shape index (κ2) is 18.7. The molecule has 0 radical (unpaired) electrons. The first kappa shape index (κ1) is 26.3. The van der Waals surface area contributed by atoms with Crippen LogP contribution in [0, 0.1) is 0 Å².